The normalized spacial score (nSPS) is 35.1. The molecule has 122 valence electrons. The highest BCUT2D eigenvalue weighted by Gasteiger charge is 2.50. The van der Waals surface area contributed by atoms with Gasteiger partial charge in [-0.2, -0.15) is 0 Å². The number of alkyl carbamates (subject to hydrolysis) is 1. The lowest BCUT2D eigenvalue weighted by atomic mass is 9.99. The summed E-state index contributed by atoms with van der Waals surface area (Å²) in [6.45, 7) is 9.80. The van der Waals surface area contributed by atoms with Gasteiger partial charge in [-0.15, -0.1) is 0 Å². The van der Waals surface area contributed by atoms with Crippen molar-refractivity contribution in [3.8, 4) is 0 Å². The summed E-state index contributed by atoms with van der Waals surface area (Å²) in [5.74, 6) is -0.690. The molecule has 0 aromatic rings. The Balaban J connectivity index is 1.90. The van der Waals surface area contributed by atoms with Crippen molar-refractivity contribution in [3.63, 3.8) is 0 Å². The van der Waals surface area contributed by atoms with Gasteiger partial charge in [0.2, 0.25) is 0 Å². The molecule has 7 heteroatoms. The molecule has 0 radical (unpaired) electrons. The fourth-order valence-corrected chi connectivity index (χ4v) is 2.53. The quantitative estimate of drug-likeness (QED) is 0.782. The lowest BCUT2D eigenvalue weighted by molar-refractivity contribution is -0.153. The third-order valence-electron chi connectivity index (χ3n) is 3.30. The van der Waals surface area contributed by atoms with Crippen LogP contribution >= 0.6 is 0 Å². The fraction of sp³-hybridized carbons (Fsp3) is 0.929. The highest BCUT2D eigenvalue weighted by Crippen LogP contribution is 2.34. The van der Waals surface area contributed by atoms with Crippen LogP contribution in [-0.2, 0) is 18.9 Å². The Morgan fingerprint density at radius 2 is 1.95 bits per heavy atom. The van der Waals surface area contributed by atoms with Crippen molar-refractivity contribution in [1.29, 1.82) is 0 Å². The van der Waals surface area contributed by atoms with Gasteiger partial charge in [0.1, 0.15) is 23.9 Å². The van der Waals surface area contributed by atoms with E-state index in [9.17, 15) is 4.79 Å². The zero-order valence-corrected chi connectivity index (χ0v) is 13.3. The van der Waals surface area contributed by atoms with Gasteiger partial charge in [-0.05, 0) is 34.6 Å². The van der Waals surface area contributed by atoms with Crippen LogP contribution in [-0.4, -0.2) is 55.0 Å². The molecule has 2 heterocycles. The number of nitrogens with two attached hydrogens (primary N) is 1. The number of amides is 1. The first-order valence-corrected chi connectivity index (χ1v) is 7.27. The van der Waals surface area contributed by atoms with Crippen LogP contribution in [0.15, 0.2) is 0 Å². The van der Waals surface area contributed by atoms with Crippen LogP contribution in [0.5, 0.6) is 0 Å². The maximum Gasteiger partial charge on any atom is 0.407 e. The number of hydrogen-bond acceptors (Lipinski definition) is 6. The number of carbonyl (C=O) groups excluding carboxylic acids is 1. The van der Waals surface area contributed by atoms with Gasteiger partial charge in [-0.1, -0.05) is 0 Å². The second kappa shape index (κ2) is 5.72. The monoisotopic (exact) mass is 302 g/mol. The van der Waals surface area contributed by atoms with E-state index in [0.29, 0.717) is 13.2 Å². The Morgan fingerprint density at radius 1 is 1.33 bits per heavy atom. The molecule has 2 aliphatic rings. The molecule has 0 spiro atoms. The first-order chi connectivity index (χ1) is 9.57. The second-order valence-corrected chi connectivity index (χ2v) is 6.98. The molecule has 2 rings (SSSR count). The van der Waals surface area contributed by atoms with Crippen LogP contribution in [0.4, 0.5) is 4.79 Å². The SMILES string of the molecule is CC(C)(C)OC(=O)NC[C@H]1OC[C@H](N)[C@H]2OC(C)(C)O[C@H]21. The average Bonchev–Trinajstić information content (AvgIpc) is 2.62. The summed E-state index contributed by atoms with van der Waals surface area (Å²) in [6.07, 6.45) is -1.29. The van der Waals surface area contributed by atoms with E-state index in [1.807, 2.05) is 34.6 Å². The van der Waals surface area contributed by atoms with Crippen LogP contribution in [0.2, 0.25) is 0 Å². The van der Waals surface area contributed by atoms with E-state index < -0.39 is 17.5 Å². The van der Waals surface area contributed by atoms with E-state index >= 15 is 0 Å². The van der Waals surface area contributed by atoms with Gasteiger partial charge in [0.15, 0.2) is 5.79 Å². The highest BCUT2D eigenvalue weighted by atomic mass is 16.8. The van der Waals surface area contributed by atoms with E-state index in [0.717, 1.165) is 0 Å². The van der Waals surface area contributed by atoms with Crippen molar-refractivity contribution in [3.05, 3.63) is 0 Å². The summed E-state index contributed by atoms with van der Waals surface area (Å²) in [6, 6.07) is -0.227. The maximum atomic E-state index is 11.7. The van der Waals surface area contributed by atoms with Crippen LogP contribution in [0.25, 0.3) is 0 Å². The van der Waals surface area contributed by atoms with Gasteiger partial charge in [-0.25, -0.2) is 4.79 Å². The molecule has 1 amide bonds. The molecule has 4 atom stereocenters. The topological polar surface area (TPSA) is 92.0 Å². The zero-order chi connectivity index (χ0) is 15.8. The molecule has 0 aromatic heterocycles. The summed E-state index contributed by atoms with van der Waals surface area (Å²) >= 11 is 0. The summed E-state index contributed by atoms with van der Waals surface area (Å²) in [5.41, 5.74) is 5.47. The predicted molar refractivity (Wildman–Crippen MR) is 75.8 cm³/mol. The van der Waals surface area contributed by atoms with Gasteiger partial charge >= 0.3 is 6.09 Å². The highest BCUT2D eigenvalue weighted by molar-refractivity contribution is 5.67. The largest absolute Gasteiger partial charge is 0.444 e. The van der Waals surface area contributed by atoms with E-state index in [2.05, 4.69) is 5.32 Å². The van der Waals surface area contributed by atoms with Crippen LogP contribution in [0.1, 0.15) is 34.6 Å². The van der Waals surface area contributed by atoms with Crippen molar-refractivity contribution in [2.75, 3.05) is 13.2 Å². The predicted octanol–water partition coefficient (Wildman–Crippen LogP) is 0.757. The minimum absolute atomic E-state index is 0.223. The van der Waals surface area contributed by atoms with Crippen LogP contribution in [0, 0.1) is 0 Å². The first-order valence-electron chi connectivity index (χ1n) is 7.27. The minimum Gasteiger partial charge on any atom is -0.444 e. The molecule has 0 bridgehead atoms. The molecule has 0 saturated carbocycles. The smallest absolute Gasteiger partial charge is 0.407 e. The molecule has 7 nitrogen and oxygen atoms in total. The average molecular weight is 302 g/mol. The summed E-state index contributed by atoms with van der Waals surface area (Å²) in [5, 5.41) is 2.70. The van der Waals surface area contributed by atoms with Crippen molar-refractivity contribution < 1.29 is 23.7 Å². The van der Waals surface area contributed by atoms with Crippen LogP contribution in [0.3, 0.4) is 0 Å². The molecule has 2 fully saturated rings. The lowest BCUT2D eigenvalue weighted by Crippen LogP contribution is -2.57. The van der Waals surface area contributed by atoms with Gasteiger partial charge < -0.3 is 30.0 Å². The number of nitrogens with one attached hydrogen (secondary N) is 1. The molecule has 0 aliphatic carbocycles. The van der Waals surface area contributed by atoms with E-state index in [1.165, 1.54) is 0 Å². The summed E-state index contributed by atoms with van der Waals surface area (Å²) in [7, 11) is 0. The van der Waals surface area contributed by atoms with Crippen molar-refractivity contribution in [2.45, 2.75) is 70.4 Å². The Bertz CT molecular complexity index is 393. The molecular weight excluding hydrogens is 276 g/mol. The van der Waals surface area contributed by atoms with Crippen molar-refractivity contribution >= 4 is 6.09 Å². The third kappa shape index (κ3) is 4.29. The Kier molecular flexibility index (Phi) is 4.49. The third-order valence-corrected chi connectivity index (χ3v) is 3.30. The van der Waals surface area contributed by atoms with Crippen molar-refractivity contribution in [1.82, 2.24) is 5.32 Å². The molecular formula is C14H26N2O5. The number of fused-ring (bicyclic) bond motifs is 1. The second-order valence-electron chi connectivity index (χ2n) is 6.98. The molecule has 3 N–H and O–H groups in total. The van der Waals surface area contributed by atoms with Gasteiger partial charge in [0.25, 0.3) is 0 Å². The minimum atomic E-state index is -0.690. The standard InChI is InChI=1S/C14H26N2O5/c1-13(2,3)21-12(17)16-6-9-11-10(8(15)7-18-9)19-14(4,5)20-11/h8-11H,6-7,15H2,1-5H3,(H,16,17)/t8-,9+,10+,11-/m0/s1. The van der Waals surface area contributed by atoms with Gasteiger partial charge in [0, 0.05) is 6.54 Å². The van der Waals surface area contributed by atoms with Crippen molar-refractivity contribution in [2.24, 2.45) is 5.73 Å². The summed E-state index contributed by atoms with van der Waals surface area (Å²) < 4.78 is 22.5. The number of ether oxygens (including phenoxy) is 4. The lowest BCUT2D eigenvalue weighted by Gasteiger charge is -2.35. The van der Waals surface area contributed by atoms with Gasteiger partial charge in [0.05, 0.1) is 12.6 Å². The Morgan fingerprint density at radius 3 is 2.57 bits per heavy atom. The molecule has 0 unspecified atom stereocenters. The van der Waals surface area contributed by atoms with E-state index in [1.54, 1.807) is 0 Å². The Hall–Kier alpha value is -0.890. The molecule has 0 aromatic carbocycles. The molecule has 2 aliphatic heterocycles. The first kappa shape index (κ1) is 16.5. The van der Waals surface area contributed by atoms with E-state index in [-0.39, 0.29) is 24.4 Å². The number of carbonyl (C=O) groups is 1. The fourth-order valence-electron chi connectivity index (χ4n) is 2.53. The molecule has 2 saturated heterocycles. The molecule has 21 heavy (non-hydrogen) atoms. The van der Waals surface area contributed by atoms with Crippen LogP contribution < -0.4 is 11.1 Å². The summed E-state index contributed by atoms with van der Waals surface area (Å²) in [4.78, 5) is 11.7. The van der Waals surface area contributed by atoms with Gasteiger partial charge in [-0.3, -0.25) is 0 Å². The maximum absolute atomic E-state index is 11.7. The number of rotatable bonds is 2. The Labute approximate surface area is 125 Å². The number of hydrogen-bond donors (Lipinski definition) is 2. The van der Waals surface area contributed by atoms with E-state index in [4.69, 9.17) is 24.7 Å². The zero-order valence-electron chi connectivity index (χ0n) is 13.3.